The topological polar surface area (TPSA) is 87.9 Å². The van der Waals surface area contributed by atoms with E-state index in [2.05, 4.69) is 15.0 Å². The van der Waals surface area contributed by atoms with Crippen molar-refractivity contribution in [1.82, 2.24) is 24.2 Å². The number of carbonyl (C=O) groups is 1. The van der Waals surface area contributed by atoms with Crippen LogP contribution < -0.4 is 15.4 Å². The second-order valence-electron chi connectivity index (χ2n) is 7.62. The maximum atomic E-state index is 12.9. The lowest BCUT2D eigenvalue weighted by Gasteiger charge is -2.29. The molecule has 2 aliphatic heterocycles. The van der Waals surface area contributed by atoms with Gasteiger partial charge in [-0.2, -0.15) is 0 Å². The zero-order chi connectivity index (χ0) is 20.0. The van der Waals surface area contributed by atoms with Crippen molar-refractivity contribution < 1.29 is 9.63 Å². The summed E-state index contributed by atoms with van der Waals surface area (Å²) in [7, 11) is 1.41. The van der Waals surface area contributed by atoms with Crippen molar-refractivity contribution in [3.63, 3.8) is 0 Å². The fourth-order valence-corrected chi connectivity index (χ4v) is 4.33. The molecule has 1 N–H and O–H groups in total. The van der Waals surface area contributed by atoms with Gasteiger partial charge in [-0.3, -0.25) is 4.79 Å². The van der Waals surface area contributed by atoms with Crippen molar-refractivity contribution in [2.75, 3.05) is 31.6 Å². The van der Waals surface area contributed by atoms with E-state index in [1.807, 2.05) is 23.1 Å². The summed E-state index contributed by atoms with van der Waals surface area (Å²) in [4.78, 5) is 38.5. The first-order chi connectivity index (χ1) is 14.2. The van der Waals surface area contributed by atoms with E-state index in [1.165, 1.54) is 17.9 Å². The molecule has 2 aliphatic rings. The number of hydrogen-bond donors (Lipinski definition) is 1. The molecule has 0 spiro atoms. The summed E-state index contributed by atoms with van der Waals surface area (Å²) in [6, 6.07) is 5.75. The van der Waals surface area contributed by atoms with Gasteiger partial charge in [0.15, 0.2) is 5.65 Å². The Balaban J connectivity index is 1.49. The summed E-state index contributed by atoms with van der Waals surface area (Å²) >= 11 is 0. The van der Waals surface area contributed by atoms with Crippen molar-refractivity contribution in [2.45, 2.75) is 32.1 Å². The Labute approximate surface area is 167 Å². The zero-order valence-electron chi connectivity index (χ0n) is 16.4. The SMILES string of the molecule is COn1nc2cc(N3CCCc4cc(C(=O)N5CCCCC5)[nH]c43)ccn2c1=O. The molecule has 0 aliphatic carbocycles. The Hall–Kier alpha value is -3.23. The molecule has 1 amide bonds. The van der Waals surface area contributed by atoms with Crippen LogP contribution in [0, 0.1) is 0 Å². The largest absolute Gasteiger partial charge is 0.396 e. The highest BCUT2D eigenvalue weighted by atomic mass is 16.7. The monoisotopic (exact) mass is 396 g/mol. The summed E-state index contributed by atoms with van der Waals surface area (Å²) in [5.41, 5.74) is 2.90. The van der Waals surface area contributed by atoms with Crippen molar-refractivity contribution >= 4 is 23.1 Å². The Bertz CT molecular complexity index is 1120. The lowest BCUT2D eigenvalue weighted by molar-refractivity contribution is 0.0719. The Morgan fingerprint density at radius 3 is 2.76 bits per heavy atom. The van der Waals surface area contributed by atoms with E-state index in [9.17, 15) is 9.59 Å². The third kappa shape index (κ3) is 2.97. The van der Waals surface area contributed by atoms with Gasteiger partial charge in [-0.1, -0.05) is 0 Å². The molecule has 9 nitrogen and oxygen atoms in total. The van der Waals surface area contributed by atoms with Crippen LogP contribution in [0.3, 0.4) is 0 Å². The second-order valence-corrected chi connectivity index (χ2v) is 7.62. The molecule has 0 saturated carbocycles. The van der Waals surface area contributed by atoms with E-state index in [0.29, 0.717) is 11.3 Å². The quantitative estimate of drug-likeness (QED) is 0.727. The van der Waals surface area contributed by atoms with Gasteiger partial charge in [0, 0.05) is 37.6 Å². The molecule has 29 heavy (non-hydrogen) atoms. The van der Waals surface area contributed by atoms with E-state index in [0.717, 1.165) is 67.2 Å². The van der Waals surface area contributed by atoms with Gasteiger partial charge in [0.2, 0.25) is 0 Å². The van der Waals surface area contributed by atoms with Crippen LogP contribution in [0.25, 0.3) is 5.65 Å². The lowest BCUT2D eigenvalue weighted by atomic mass is 10.1. The predicted molar refractivity (Wildman–Crippen MR) is 108 cm³/mol. The smallest absolute Gasteiger partial charge is 0.384 e. The van der Waals surface area contributed by atoms with E-state index in [-0.39, 0.29) is 11.6 Å². The number of aromatic nitrogens is 4. The number of H-pyrrole nitrogens is 1. The molecule has 0 unspecified atom stereocenters. The van der Waals surface area contributed by atoms with Gasteiger partial charge in [0.05, 0.1) is 0 Å². The van der Waals surface area contributed by atoms with Gasteiger partial charge in [0.25, 0.3) is 5.91 Å². The average Bonchev–Trinajstić information content (AvgIpc) is 3.34. The van der Waals surface area contributed by atoms with Crippen LogP contribution in [-0.4, -0.2) is 56.9 Å². The number of hydrogen-bond acceptors (Lipinski definition) is 5. The first-order valence-electron chi connectivity index (χ1n) is 10.1. The van der Waals surface area contributed by atoms with Crippen molar-refractivity contribution in [3.05, 3.63) is 46.1 Å². The van der Waals surface area contributed by atoms with Crippen LogP contribution in [0.4, 0.5) is 11.5 Å². The first kappa shape index (κ1) is 17.8. The van der Waals surface area contributed by atoms with Crippen LogP contribution in [0.1, 0.15) is 41.7 Å². The average molecular weight is 396 g/mol. The number of aryl methyl sites for hydroxylation is 1. The Kier molecular flexibility index (Phi) is 4.30. The highest BCUT2D eigenvalue weighted by Crippen LogP contribution is 2.34. The molecule has 0 atom stereocenters. The summed E-state index contributed by atoms with van der Waals surface area (Å²) in [6.45, 7) is 2.50. The van der Waals surface area contributed by atoms with E-state index < -0.39 is 0 Å². The second kappa shape index (κ2) is 6.98. The van der Waals surface area contributed by atoms with Crippen LogP contribution in [0.5, 0.6) is 0 Å². The van der Waals surface area contributed by atoms with Crippen molar-refractivity contribution in [1.29, 1.82) is 0 Å². The lowest BCUT2D eigenvalue weighted by Crippen LogP contribution is -2.35. The molecule has 3 aromatic rings. The molecular weight excluding hydrogens is 372 g/mol. The summed E-state index contributed by atoms with van der Waals surface area (Å²) in [5, 5.41) is 4.18. The molecule has 0 bridgehead atoms. The minimum atomic E-state index is -0.345. The standard InChI is InChI=1S/C20H24N6O3/c1-29-26-20(28)25-11-7-15(13-17(25)22-26)24-10-5-6-14-12-16(21-18(14)24)19(27)23-8-3-2-4-9-23/h7,11-13,21H,2-6,8-10H2,1H3. The number of amides is 1. The Morgan fingerprint density at radius 1 is 1.14 bits per heavy atom. The third-order valence-corrected chi connectivity index (χ3v) is 5.81. The first-order valence-corrected chi connectivity index (χ1v) is 10.1. The summed E-state index contributed by atoms with van der Waals surface area (Å²) in [6.07, 6.45) is 6.98. The molecule has 9 heteroatoms. The number of nitrogens with zero attached hydrogens (tertiary/aromatic N) is 5. The molecule has 1 saturated heterocycles. The molecule has 5 rings (SSSR count). The van der Waals surface area contributed by atoms with Gasteiger partial charge in [0.1, 0.15) is 18.6 Å². The summed E-state index contributed by atoms with van der Waals surface area (Å²) < 4.78 is 1.44. The number of likely N-dealkylation sites (tertiary alicyclic amines) is 1. The number of carbonyl (C=O) groups excluding carboxylic acids is 1. The molecule has 0 radical (unpaired) electrons. The van der Waals surface area contributed by atoms with Gasteiger partial charge in [-0.05, 0) is 54.6 Å². The maximum Gasteiger partial charge on any atom is 0.384 e. The third-order valence-electron chi connectivity index (χ3n) is 5.81. The Morgan fingerprint density at radius 2 is 1.97 bits per heavy atom. The highest BCUT2D eigenvalue weighted by Gasteiger charge is 2.26. The van der Waals surface area contributed by atoms with Gasteiger partial charge in [-0.25, -0.2) is 9.20 Å². The highest BCUT2D eigenvalue weighted by molar-refractivity contribution is 5.94. The number of rotatable bonds is 3. The minimum Gasteiger partial charge on any atom is -0.396 e. The number of anilines is 2. The molecular formula is C20H24N6O3. The van der Waals surface area contributed by atoms with Crippen LogP contribution in [0.2, 0.25) is 0 Å². The molecule has 152 valence electrons. The molecule has 0 aromatic carbocycles. The number of nitrogens with one attached hydrogen (secondary N) is 1. The minimum absolute atomic E-state index is 0.0832. The van der Waals surface area contributed by atoms with Crippen LogP contribution in [0.15, 0.2) is 29.2 Å². The van der Waals surface area contributed by atoms with Gasteiger partial charge >= 0.3 is 5.69 Å². The maximum absolute atomic E-state index is 12.9. The fraction of sp³-hybridized carbons (Fsp3) is 0.450. The number of aromatic amines is 1. The predicted octanol–water partition coefficient (Wildman–Crippen LogP) is 1.59. The molecule has 5 heterocycles. The number of pyridine rings is 1. The van der Waals surface area contributed by atoms with E-state index in [1.54, 1.807) is 6.20 Å². The summed E-state index contributed by atoms with van der Waals surface area (Å²) in [5.74, 6) is 1.04. The zero-order valence-corrected chi connectivity index (χ0v) is 16.4. The van der Waals surface area contributed by atoms with Gasteiger partial charge in [-0.15, -0.1) is 5.10 Å². The van der Waals surface area contributed by atoms with E-state index >= 15 is 0 Å². The van der Waals surface area contributed by atoms with Gasteiger partial charge < -0.3 is 19.6 Å². The van der Waals surface area contributed by atoms with Crippen LogP contribution >= 0.6 is 0 Å². The van der Waals surface area contributed by atoms with E-state index in [4.69, 9.17) is 4.84 Å². The normalized spacial score (nSPS) is 16.9. The van der Waals surface area contributed by atoms with Crippen molar-refractivity contribution in [2.24, 2.45) is 0 Å². The molecule has 3 aromatic heterocycles. The van der Waals surface area contributed by atoms with Crippen molar-refractivity contribution in [3.8, 4) is 0 Å². The number of fused-ring (bicyclic) bond motifs is 2. The fourth-order valence-electron chi connectivity index (χ4n) is 4.33. The molecule has 1 fully saturated rings. The van der Waals surface area contributed by atoms with Crippen LogP contribution in [-0.2, 0) is 6.42 Å². The number of piperidine rings is 1.